The number of amides is 1. The summed E-state index contributed by atoms with van der Waals surface area (Å²) in [5, 5.41) is 20.3. The number of halogens is 2. The highest BCUT2D eigenvalue weighted by molar-refractivity contribution is 9.13. The first kappa shape index (κ1) is 19.1. The summed E-state index contributed by atoms with van der Waals surface area (Å²) in [6, 6.07) is 11.3. The van der Waals surface area contributed by atoms with Crippen molar-refractivity contribution in [2.45, 2.75) is 6.92 Å². The molecule has 1 heterocycles. The lowest BCUT2D eigenvalue weighted by molar-refractivity contribution is -0.384. The van der Waals surface area contributed by atoms with Gasteiger partial charge in [0.05, 0.1) is 21.1 Å². The first-order chi connectivity index (χ1) is 12.8. The molecule has 0 aliphatic carbocycles. The normalized spacial score (nSPS) is 10.5. The zero-order valence-corrected chi connectivity index (χ0v) is 17.0. The van der Waals surface area contributed by atoms with Gasteiger partial charge in [0.15, 0.2) is 5.69 Å². The number of nitrogens with zero attached hydrogens (tertiary/aromatic N) is 2. The molecule has 0 radical (unpaired) electrons. The zero-order valence-electron chi connectivity index (χ0n) is 13.8. The fourth-order valence-corrected chi connectivity index (χ4v) is 2.92. The number of nitro benzene ring substituents is 1. The maximum Gasteiger partial charge on any atom is 0.277 e. The Morgan fingerprint density at radius 2 is 2.00 bits per heavy atom. The number of nitrogens with one attached hydrogen (secondary N) is 2. The number of anilines is 1. The molecule has 138 valence electrons. The smallest absolute Gasteiger partial charge is 0.277 e. The Labute approximate surface area is 170 Å². The summed E-state index contributed by atoms with van der Waals surface area (Å²) < 4.78 is 6.67. The van der Waals surface area contributed by atoms with Crippen molar-refractivity contribution in [3.05, 3.63) is 72.9 Å². The van der Waals surface area contributed by atoms with Crippen LogP contribution in [0.2, 0.25) is 0 Å². The van der Waals surface area contributed by atoms with Crippen LogP contribution in [-0.4, -0.2) is 21.0 Å². The van der Waals surface area contributed by atoms with Crippen LogP contribution in [0, 0.1) is 17.0 Å². The Hall–Kier alpha value is -2.72. The van der Waals surface area contributed by atoms with Crippen molar-refractivity contribution >= 4 is 49.1 Å². The lowest BCUT2D eigenvalue weighted by Gasteiger charge is -2.09. The minimum Gasteiger partial charge on any atom is -0.457 e. The van der Waals surface area contributed by atoms with Crippen LogP contribution in [0.25, 0.3) is 0 Å². The number of aromatic amines is 1. The maximum absolute atomic E-state index is 12.4. The second-order valence-electron chi connectivity index (χ2n) is 5.55. The minimum atomic E-state index is -0.556. The van der Waals surface area contributed by atoms with Gasteiger partial charge in [0, 0.05) is 12.1 Å². The fourth-order valence-electron chi connectivity index (χ4n) is 2.28. The predicted molar refractivity (Wildman–Crippen MR) is 106 cm³/mol. The summed E-state index contributed by atoms with van der Waals surface area (Å²) >= 11 is 6.43. The molecule has 0 spiro atoms. The highest BCUT2D eigenvalue weighted by Gasteiger charge is 2.19. The third kappa shape index (κ3) is 4.52. The Balaban J connectivity index is 1.90. The van der Waals surface area contributed by atoms with Crippen molar-refractivity contribution in [1.29, 1.82) is 0 Å². The first-order valence-corrected chi connectivity index (χ1v) is 9.17. The molecule has 0 unspecified atom stereocenters. The Kier molecular flexibility index (Phi) is 5.57. The van der Waals surface area contributed by atoms with E-state index in [1.165, 1.54) is 18.2 Å². The largest absolute Gasteiger partial charge is 0.457 e. The van der Waals surface area contributed by atoms with Gasteiger partial charge in [0.25, 0.3) is 11.6 Å². The van der Waals surface area contributed by atoms with Crippen molar-refractivity contribution in [3.63, 3.8) is 0 Å². The highest BCUT2D eigenvalue weighted by atomic mass is 79.9. The fraction of sp³-hybridized carbons (Fsp3) is 0.0588. The van der Waals surface area contributed by atoms with E-state index >= 15 is 0 Å². The molecular weight excluding hydrogens is 484 g/mol. The summed E-state index contributed by atoms with van der Waals surface area (Å²) in [4.78, 5) is 23.1. The molecule has 0 saturated heterocycles. The van der Waals surface area contributed by atoms with Gasteiger partial charge in [-0.3, -0.25) is 20.0 Å². The Morgan fingerprint density at radius 1 is 1.22 bits per heavy atom. The monoisotopic (exact) mass is 494 g/mol. The van der Waals surface area contributed by atoms with Crippen molar-refractivity contribution in [2.24, 2.45) is 0 Å². The second-order valence-corrected chi connectivity index (χ2v) is 7.13. The van der Waals surface area contributed by atoms with E-state index in [0.717, 1.165) is 5.56 Å². The lowest BCUT2D eigenvalue weighted by atomic mass is 10.2. The Morgan fingerprint density at radius 3 is 2.63 bits per heavy atom. The molecule has 1 amide bonds. The standard InChI is InChI=1S/C17H12Br2N4O4/c1-9-3-2-4-12(5-9)27-13-7-10(6-11(8-13)23(25)26)20-17(24)15-14(18)16(19)22-21-15/h2-8H,1H3,(H,20,24)(H,21,22). The molecule has 3 aromatic rings. The van der Waals surface area contributed by atoms with Crippen LogP contribution in [-0.2, 0) is 0 Å². The number of H-pyrrole nitrogens is 1. The molecule has 0 aliphatic rings. The quantitative estimate of drug-likeness (QED) is 0.373. The van der Waals surface area contributed by atoms with Crippen LogP contribution < -0.4 is 10.1 Å². The summed E-state index contributed by atoms with van der Waals surface area (Å²) in [6.45, 7) is 1.91. The molecule has 0 atom stereocenters. The molecule has 0 fully saturated rings. The molecule has 0 aliphatic heterocycles. The number of aryl methyl sites for hydroxylation is 1. The summed E-state index contributed by atoms with van der Waals surface area (Å²) in [5.74, 6) is 0.227. The van der Waals surface area contributed by atoms with Gasteiger partial charge in [0.1, 0.15) is 16.1 Å². The third-order valence-corrected chi connectivity index (χ3v) is 5.34. The van der Waals surface area contributed by atoms with Crippen LogP contribution >= 0.6 is 31.9 Å². The van der Waals surface area contributed by atoms with E-state index in [9.17, 15) is 14.9 Å². The number of rotatable bonds is 5. The van der Waals surface area contributed by atoms with Crippen LogP contribution in [0.5, 0.6) is 11.5 Å². The minimum absolute atomic E-state index is 0.106. The summed E-state index contributed by atoms with van der Waals surface area (Å²) in [5.41, 5.74) is 1.09. The average molecular weight is 496 g/mol. The van der Waals surface area contributed by atoms with Crippen LogP contribution in [0.15, 0.2) is 51.5 Å². The molecule has 2 aromatic carbocycles. The van der Waals surface area contributed by atoms with Crippen LogP contribution in [0.3, 0.4) is 0 Å². The van der Waals surface area contributed by atoms with E-state index in [2.05, 4.69) is 47.4 Å². The molecule has 0 bridgehead atoms. The van der Waals surface area contributed by atoms with Crippen molar-refractivity contribution in [3.8, 4) is 11.5 Å². The lowest BCUT2D eigenvalue weighted by Crippen LogP contribution is -2.13. The van der Waals surface area contributed by atoms with E-state index in [1.807, 2.05) is 19.1 Å². The van der Waals surface area contributed by atoms with Crippen molar-refractivity contribution < 1.29 is 14.5 Å². The number of carbonyl (C=O) groups excluding carboxylic acids is 1. The number of ether oxygens (including phenoxy) is 1. The van der Waals surface area contributed by atoms with Gasteiger partial charge in [-0.25, -0.2) is 0 Å². The number of hydrogen-bond donors (Lipinski definition) is 2. The summed E-state index contributed by atoms with van der Waals surface area (Å²) in [6.07, 6.45) is 0. The number of non-ortho nitro benzene ring substituents is 1. The molecular formula is C17H12Br2N4O4. The number of hydrogen-bond acceptors (Lipinski definition) is 5. The number of nitro groups is 1. The van der Waals surface area contributed by atoms with E-state index in [1.54, 1.807) is 12.1 Å². The van der Waals surface area contributed by atoms with Gasteiger partial charge in [-0.05, 0) is 56.5 Å². The molecule has 8 nitrogen and oxygen atoms in total. The van der Waals surface area contributed by atoms with E-state index < -0.39 is 10.8 Å². The average Bonchev–Trinajstić information content (AvgIpc) is 2.94. The van der Waals surface area contributed by atoms with Gasteiger partial charge in [0.2, 0.25) is 0 Å². The number of benzene rings is 2. The highest BCUT2D eigenvalue weighted by Crippen LogP contribution is 2.31. The van der Waals surface area contributed by atoms with Crippen molar-refractivity contribution in [2.75, 3.05) is 5.32 Å². The Bertz CT molecular complexity index is 1040. The number of aromatic nitrogens is 2. The van der Waals surface area contributed by atoms with Gasteiger partial charge in [-0.2, -0.15) is 5.10 Å². The molecule has 3 rings (SSSR count). The first-order valence-electron chi connectivity index (χ1n) is 7.58. The maximum atomic E-state index is 12.4. The molecule has 27 heavy (non-hydrogen) atoms. The van der Waals surface area contributed by atoms with Crippen LogP contribution in [0.4, 0.5) is 11.4 Å². The molecule has 2 N–H and O–H groups in total. The van der Waals surface area contributed by atoms with Gasteiger partial charge in [-0.1, -0.05) is 12.1 Å². The van der Waals surface area contributed by atoms with E-state index in [-0.39, 0.29) is 22.8 Å². The zero-order chi connectivity index (χ0) is 19.6. The molecule has 0 saturated carbocycles. The SMILES string of the molecule is Cc1cccc(Oc2cc(NC(=O)c3n[nH]c(Br)c3Br)cc([N+](=O)[O-])c2)c1. The van der Waals surface area contributed by atoms with Gasteiger partial charge >= 0.3 is 0 Å². The van der Waals surface area contributed by atoms with Gasteiger partial charge in [-0.15, -0.1) is 0 Å². The second kappa shape index (κ2) is 7.89. The predicted octanol–water partition coefficient (Wildman–Crippen LogP) is 5.20. The van der Waals surface area contributed by atoms with Gasteiger partial charge < -0.3 is 10.1 Å². The topological polar surface area (TPSA) is 110 Å². The summed E-state index contributed by atoms with van der Waals surface area (Å²) in [7, 11) is 0. The molecule has 10 heteroatoms. The third-order valence-electron chi connectivity index (χ3n) is 3.47. The van der Waals surface area contributed by atoms with E-state index in [4.69, 9.17) is 4.74 Å². The number of carbonyl (C=O) groups is 1. The van der Waals surface area contributed by atoms with E-state index in [0.29, 0.717) is 14.8 Å². The van der Waals surface area contributed by atoms with Crippen LogP contribution in [0.1, 0.15) is 16.1 Å². The van der Waals surface area contributed by atoms with Crippen molar-refractivity contribution in [1.82, 2.24) is 10.2 Å². The molecule has 1 aromatic heterocycles.